The maximum atomic E-state index is 12.3. The summed E-state index contributed by atoms with van der Waals surface area (Å²) in [5, 5.41) is 0.375. The van der Waals surface area contributed by atoms with Crippen molar-refractivity contribution in [2.45, 2.75) is 6.18 Å². The highest BCUT2D eigenvalue weighted by molar-refractivity contribution is 6.30. The van der Waals surface area contributed by atoms with Crippen molar-refractivity contribution in [2.75, 3.05) is 0 Å². The average Bonchev–Trinajstić information content (AvgIpc) is 2.19. The van der Waals surface area contributed by atoms with Gasteiger partial charge in [-0.05, 0) is 24.3 Å². The number of halogens is 4. The Balaban J connectivity index is 2.89. The number of ether oxygens (including phenoxy) is 1. The monoisotopic (exact) mass is 250 g/mol. The zero-order chi connectivity index (χ0) is 12.2. The number of aldehydes is 1. The van der Waals surface area contributed by atoms with Gasteiger partial charge in [0.1, 0.15) is 12.0 Å². The highest BCUT2D eigenvalue weighted by Gasteiger charge is 2.36. The Morgan fingerprint density at radius 2 is 1.81 bits per heavy atom. The molecular formula is C10H6ClF3O2. The molecule has 0 fully saturated rings. The second kappa shape index (κ2) is 5.03. The Morgan fingerprint density at radius 1 is 1.25 bits per heavy atom. The molecule has 0 bridgehead atoms. The molecule has 6 heteroatoms. The number of hydrogen-bond donors (Lipinski definition) is 0. The molecule has 0 spiro atoms. The van der Waals surface area contributed by atoms with E-state index >= 15 is 0 Å². The molecule has 0 amide bonds. The van der Waals surface area contributed by atoms with Gasteiger partial charge in [0.2, 0.25) is 5.76 Å². The molecule has 16 heavy (non-hydrogen) atoms. The van der Waals surface area contributed by atoms with E-state index in [0.717, 1.165) is 0 Å². The fourth-order valence-corrected chi connectivity index (χ4v) is 1.00. The largest absolute Gasteiger partial charge is 0.452 e. The van der Waals surface area contributed by atoms with E-state index in [-0.39, 0.29) is 12.0 Å². The Kier molecular flexibility index (Phi) is 3.95. The fraction of sp³-hybridized carbons (Fsp3) is 0.100. The zero-order valence-corrected chi connectivity index (χ0v) is 8.55. The van der Waals surface area contributed by atoms with Gasteiger partial charge < -0.3 is 4.74 Å². The van der Waals surface area contributed by atoms with Gasteiger partial charge in [0.15, 0.2) is 0 Å². The normalized spacial score (nSPS) is 12.4. The molecule has 0 aliphatic heterocycles. The first-order chi connectivity index (χ1) is 7.43. The van der Waals surface area contributed by atoms with Gasteiger partial charge in [-0.1, -0.05) is 11.6 Å². The summed E-state index contributed by atoms with van der Waals surface area (Å²) in [5.41, 5.74) is 0. The van der Waals surface area contributed by atoms with Gasteiger partial charge in [0, 0.05) is 11.1 Å². The van der Waals surface area contributed by atoms with Crippen LogP contribution in [0.4, 0.5) is 13.2 Å². The van der Waals surface area contributed by atoms with Crippen LogP contribution in [0.5, 0.6) is 5.75 Å². The fourth-order valence-electron chi connectivity index (χ4n) is 0.878. The van der Waals surface area contributed by atoms with Crippen molar-refractivity contribution < 1.29 is 22.7 Å². The van der Waals surface area contributed by atoms with E-state index in [2.05, 4.69) is 4.74 Å². The van der Waals surface area contributed by atoms with E-state index in [1.54, 1.807) is 0 Å². The highest BCUT2D eigenvalue weighted by atomic mass is 35.5. The van der Waals surface area contributed by atoms with Gasteiger partial charge >= 0.3 is 6.18 Å². The van der Waals surface area contributed by atoms with Gasteiger partial charge in [-0.3, -0.25) is 4.79 Å². The Labute approximate surface area is 94.3 Å². The van der Waals surface area contributed by atoms with E-state index in [9.17, 15) is 18.0 Å². The number of hydrogen-bond acceptors (Lipinski definition) is 2. The highest BCUT2D eigenvalue weighted by Crippen LogP contribution is 2.28. The Morgan fingerprint density at radius 3 is 2.25 bits per heavy atom. The molecule has 0 radical (unpaired) electrons. The maximum absolute atomic E-state index is 12.3. The molecule has 1 rings (SSSR count). The molecule has 0 aromatic heterocycles. The molecule has 0 saturated heterocycles. The van der Waals surface area contributed by atoms with Gasteiger partial charge in [0.25, 0.3) is 0 Å². The summed E-state index contributed by atoms with van der Waals surface area (Å²) < 4.78 is 41.4. The second-order valence-electron chi connectivity index (χ2n) is 2.72. The van der Waals surface area contributed by atoms with Crippen molar-refractivity contribution >= 4 is 17.9 Å². The predicted molar refractivity (Wildman–Crippen MR) is 52.3 cm³/mol. The molecule has 0 saturated carbocycles. The number of benzene rings is 1. The molecule has 0 unspecified atom stereocenters. The smallest absolute Gasteiger partial charge is 0.449 e. The minimum Gasteiger partial charge on any atom is -0.452 e. The Bertz CT molecular complexity index is 396. The zero-order valence-electron chi connectivity index (χ0n) is 7.79. The molecule has 0 atom stereocenters. The quantitative estimate of drug-likeness (QED) is 0.467. The van der Waals surface area contributed by atoms with E-state index < -0.39 is 11.9 Å². The first-order valence-corrected chi connectivity index (χ1v) is 4.47. The van der Waals surface area contributed by atoms with Crippen LogP contribution in [-0.2, 0) is 4.79 Å². The lowest BCUT2D eigenvalue weighted by atomic mass is 10.3. The summed E-state index contributed by atoms with van der Waals surface area (Å²) in [4.78, 5) is 10.0. The SMILES string of the molecule is O=C/C=C(/Oc1ccc(Cl)cc1)C(F)(F)F. The minimum absolute atomic E-state index is 0.0126. The van der Waals surface area contributed by atoms with E-state index in [1.165, 1.54) is 24.3 Å². The van der Waals surface area contributed by atoms with Gasteiger partial charge in [-0.25, -0.2) is 0 Å². The molecule has 0 aliphatic carbocycles. The van der Waals surface area contributed by atoms with Crippen molar-refractivity contribution in [3.8, 4) is 5.75 Å². The molecule has 0 N–H and O–H groups in total. The van der Waals surface area contributed by atoms with Crippen molar-refractivity contribution in [3.05, 3.63) is 41.1 Å². The molecule has 0 heterocycles. The van der Waals surface area contributed by atoms with Crippen molar-refractivity contribution in [1.29, 1.82) is 0 Å². The third-order valence-electron chi connectivity index (χ3n) is 1.54. The lowest BCUT2D eigenvalue weighted by molar-refractivity contribution is -0.119. The van der Waals surface area contributed by atoms with Crippen molar-refractivity contribution in [2.24, 2.45) is 0 Å². The van der Waals surface area contributed by atoms with Crippen LogP contribution in [0.2, 0.25) is 5.02 Å². The number of rotatable bonds is 3. The number of alkyl halides is 3. The summed E-state index contributed by atoms with van der Waals surface area (Å²) in [6, 6.07) is 5.30. The van der Waals surface area contributed by atoms with E-state index in [1.807, 2.05) is 0 Å². The third-order valence-corrected chi connectivity index (χ3v) is 1.79. The van der Waals surface area contributed by atoms with Crippen molar-refractivity contribution in [3.63, 3.8) is 0 Å². The van der Waals surface area contributed by atoms with Crippen LogP contribution < -0.4 is 4.74 Å². The Hall–Kier alpha value is -1.49. The molecule has 1 aromatic rings. The van der Waals surface area contributed by atoms with E-state index in [0.29, 0.717) is 11.1 Å². The van der Waals surface area contributed by atoms with Gasteiger partial charge in [-0.2, -0.15) is 13.2 Å². The first kappa shape index (κ1) is 12.6. The van der Waals surface area contributed by atoms with Crippen molar-refractivity contribution in [1.82, 2.24) is 0 Å². The van der Waals surface area contributed by atoms with Gasteiger partial charge in [-0.15, -0.1) is 0 Å². The number of carbonyl (C=O) groups excluding carboxylic acids is 1. The molecule has 2 nitrogen and oxygen atoms in total. The molecule has 86 valence electrons. The lowest BCUT2D eigenvalue weighted by Crippen LogP contribution is -2.17. The average molecular weight is 251 g/mol. The third kappa shape index (κ3) is 3.58. The van der Waals surface area contributed by atoms with Crippen LogP contribution in [0.15, 0.2) is 36.1 Å². The van der Waals surface area contributed by atoms with E-state index in [4.69, 9.17) is 11.6 Å². The minimum atomic E-state index is -4.71. The van der Waals surface area contributed by atoms with Crippen LogP contribution in [0.3, 0.4) is 0 Å². The van der Waals surface area contributed by atoms with Crippen LogP contribution in [0, 0.1) is 0 Å². The van der Waals surface area contributed by atoms with Crippen LogP contribution in [0.1, 0.15) is 0 Å². The molecule has 1 aromatic carbocycles. The number of allylic oxidation sites excluding steroid dienone is 2. The predicted octanol–water partition coefficient (Wildman–Crippen LogP) is 3.36. The van der Waals surface area contributed by atoms with Crippen LogP contribution in [-0.4, -0.2) is 12.5 Å². The van der Waals surface area contributed by atoms with Crippen LogP contribution >= 0.6 is 11.6 Å². The summed E-state index contributed by atoms with van der Waals surface area (Å²) in [6.07, 6.45) is -4.38. The van der Waals surface area contributed by atoms with Gasteiger partial charge in [0.05, 0.1) is 0 Å². The summed E-state index contributed by atoms with van der Waals surface area (Å²) in [6.45, 7) is 0. The standard InChI is InChI=1S/C10H6ClF3O2/c11-7-1-3-8(4-2-7)16-9(5-6-15)10(12,13)14/h1-6H/b9-5+. The molecular weight excluding hydrogens is 245 g/mol. The first-order valence-electron chi connectivity index (χ1n) is 4.09. The lowest BCUT2D eigenvalue weighted by Gasteiger charge is -2.12. The summed E-state index contributed by atoms with van der Waals surface area (Å²) in [7, 11) is 0. The number of carbonyl (C=O) groups is 1. The maximum Gasteiger partial charge on any atom is 0.449 e. The van der Waals surface area contributed by atoms with Crippen LogP contribution in [0.25, 0.3) is 0 Å². The molecule has 0 aliphatic rings. The topological polar surface area (TPSA) is 26.3 Å². The summed E-state index contributed by atoms with van der Waals surface area (Å²) in [5.74, 6) is -1.42. The summed E-state index contributed by atoms with van der Waals surface area (Å²) >= 11 is 5.55. The second-order valence-corrected chi connectivity index (χ2v) is 3.16.